The summed E-state index contributed by atoms with van der Waals surface area (Å²) in [5.74, 6) is 0.497. The van der Waals surface area contributed by atoms with Gasteiger partial charge in [-0.05, 0) is 51.2 Å². The first-order chi connectivity index (χ1) is 12.7. The molecule has 1 N–H and O–H groups in total. The van der Waals surface area contributed by atoms with Crippen LogP contribution in [-0.2, 0) is 14.8 Å². The molecular formula is C18H29N3O5S. The van der Waals surface area contributed by atoms with E-state index in [-0.39, 0.29) is 16.7 Å². The van der Waals surface area contributed by atoms with Crippen LogP contribution in [0.5, 0.6) is 0 Å². The maximum atomic E-state index is 12.8. The SMILES string of the molecule is CC1CCN(S(=O)(=O)c2ccc(NCCCOC(C)C)c([N+](=O)[O-])c2)CC1. The molecule has 0 radical (unpaired) electrons. The van der Waals surface area contributed by atoms with Crippen molar-refractivity contribution in [3.05, 3.63) is 28.3 Å². The van der Waals surface area contributed by atoms with Crippen molar-refractivity contribution in [3.63, 3.8) is 0 Å². The predicted octanol–water partition coefficient (Wildman–Crippen LogP) is 3.24. The van der Waals surface area contributed by atoms with Gasteiger partial charge in [0.15, 0.2) is 0 Å². The molecule has 1 heterocycles. The van der Waals surface area contributed by atoms with E-state index in [1.807, 2.05) is 13.8 Å². The van der Waals surface area contributed by atoms with Crippen LogP contribution in [0.15, 0.2) is 23.1 Å². The Morgan fingerprint density at radius 3 is 2.59 bits per heavy atom. The van der Waals surface area contributed by atoms with Gasteiger partial charge in [-0.2, -0.15) is 4.31 Å². The Labute approximate surface area is 161 Å². The minimum atomic E-state index is -3.72. The molecular weight excluding hydrogens is 370 g/mol. The first kappa shape index (κ1) is 21.6. The second kappa shape index (κ2) is 9.48. The lowest BCUT2D eigenvalue weighted by Gasteiger charge is -2.29. The Morgan fingerprint density at radius 2 is 2.00 bits per heavy atom. The van der Waals surface area contributed by atoms with Crippen molar-refractivity contribution < 1.29 is 18.1 Å². The third-order valence-corrected chi connectivity index (χ3v) is 6.53. The summed E-state index contributed by atoms with van der Waals surface area (Å²) >= 11 is 0. The number of nitro benzene ring substituents is 1. The van der Waals surface area contributed by atoms with Crippen LogP contribution in [0.1, 0.15) is 40.0 Å². The molecule has 0 atom stereocenters. The van der Waals surface area contributed by atoms with Gasteiger partial charge in [-0.1, -0.05) is 6.92 Å². The zero-order valence-electron chi connectivity index (χ0n) is 16.2. The molecule has 152 valence electrons. The average molecular weight is 400 g/mol. The molecule has 0 bridgehead atoms. The molecule has 2 rings (SSSR count). The molecule has 1 saturated heterocycles. The van der Waals surface area contributed by atoms with Gasteiger partial charge in [0.2, 0.25) is 10.0 Å². The molecule has 1 fully saturated rings. The molecule has 0 spiro atoms. The van der Waals surface area contributed by atoms with Crippen LogP contribution in [0.4, 0.5) is 11.4 Å². The number of sulfonamides is 1. The number of hydrogen-bond acceptors (Lipinski definition) is 6. The van der Waals surface area contributed by atoms with E-state index in [2.05, 4.69) is 12.2 Å². The molecule has 0 aromatic heterocycles. The van der Waals surface area contributed by atoms with Gasteiger partial charge in [0.05, 0.1) is 15.9 Å². The number of ether oxygens (including phenoxy) is 1. The molecule has 1 aliphatic heterocycles. The van der Waals surface area contributed by atoms with Crippen molar-refractivity contribution in [1.29, 1.82) is 0 Å². The molecule has 0 amide bonds. The third-order valence-electron chi connectivity index (χ3n) is 4.63. The van der Waals surface area contributed by atoms with E-state index < -0.39 is 14.9 Å². The molecule has 1 aromatic carbocycles. The lowest BCUT2D eigenvalue weighted by molar-refractivity contribution is -0.384. The fourth-order valence-corrected chi connectivity index (χ4v) is 4.45. The highest BCUT2D eigenvalue weighted by Gasteiger charge is 2.30. The van der Waals surface area contributed by atoms with Crippen molar-refractivity contribution >= 4 is 21.4 Å². The zero-order valence-corrected chi connectivity index (χ0v) is 17.0. The van der Waals surface area contributed by atoms with Crippen LogP contribution >= 0.6 is 0 Å². The van der Waals surface area contributed by atoms with Crippen molar-refractivity contribution in [1.82, 2.24) is 4.31 Å². The Kier molecular flexibility index (Phi) is 7.58. The van der Waals surface area contributed by atoms with Gasteiger partial charge in [-0.3, -0.25) is 10.1 Å². The highest BCUT2D eigenvalue weighted by Crippen LogP contribution is 2.30. The van der Waals surface area contributed by atoms with Crippen LogP contribution < -0.4 is 5.32 Å². The molecule has 0 aliphatic carbocycles. The van der Waals surface area contributed by atoms with Crippen LogP contribution in [0.25, 0.3) is 0 Å². The summed E-state index contributed by atoms with van der Waals surface area (Å²) in [7, 11) is -3.72. The number of nitro groups is 1. The van der Waals surface area contributed by atoms with E-state index >= 15 is 0 Å². The minimum Gasteiger partial charge on any atom is -0.379 e. The molecule has 8 nitrogen and oxygen atoms in total. The van der Waals surface area contributed by atoms with Gasteiger partial charge in [0.25, 0.3) is 5.69 Å². The van der Waals surface area contributed by atoms with Gasteiger partial charge >= 0.3 is 0 Å². The monoisotopic (exact) mass is 399 g/mol. The Hall–Kier alpha value is -1.71. The average Bonchev–Trinajstić information content (AvgIpc) is 2.61. The fraction of sp³-hybridized carbons (Fsp3) is 0.667. The van der Waals surface area contributed by atoms with E-state index in [0.29, 0.717) is 44.3 Å². The number of rotatable bonds is 9. The minimum absolute atomic E-state index is 0.0301. The topological polar surface area (TPSA) is 102 Å². The van der Waals surface area contributed by atoms with E-state index in [1.54, 1.807) is 0 Å². The second-order valence-corrected chi connectivity index (χ2v) is 9.16. The number of anilines is 1. The highest BCUT2D eigenvalue weighted by atomic mass is 32.2. The normalized spacial score (nSPS) is 16.6. The van der Waals surface area contributed by atoms with Crippen LogP contribution in [0.2, 0.25) is 0 Å². The van der Waals surface area contributed by atoms with E-state index in [9.17, 15) is 18.5 Å². The van der Waals surface area contributed by atoms with Crippen molar-refractivity contribution in [2.45, 2.75) is 51.0 Å². The number of benzene rings is 1. The summed E-state index contributed by atoms with van der Waals surface area (Å²) in [6.45, 7) is 7.95. The Balaban J connectivity index is 2.11. The number of hydrogen-bond donors (Lipinski definition) is 1. The Bertz CT molecular complexity index is 743. The number of nitrogens with zero attached hydrogens (tertiary/aromatic N) is 2. The maximum absolute atomic E-state index is 12.8. The summed E-state index contributed by atoms with van der Waals surface area (Å²) in [5.41, 5.74) is 0.0852. The van der Waals surface area contributed by atoms with E-state index in [4.69, 9.17) is 4.74 Å². The maximum Gasteiger partial charge on any atom is 0.293 e. The molecule has 27 heavy (non-hydrogen) atoms. The van der Waals surface area contributed by atoms with E-state index in [0.717, 1.165) is 18.9 Å². The largest absolute Gasteiger partial charge is 0.379 e. The number of nitrogens with one attached hydrogen (secondary N) is 1. The lowest BCUT2D eigenvalue weighted by Crippen LogP contribution is -2.37. The highest BCUT2D eigenvalue weighted by molar-refractivity contribution is 7.89. The molecule has 0 unspecified atom stereocenters. The first-order valence-corrected chi connectivity index (χ1v) is 10.8. The Morgan fingerprint density at radius 1 is 1.33 bits per heavy atom. The summed E-state index contributed by atoms with van der Waals surface area (Å²) in [6.07, 6.45) is 2.45. The second-order valence-electron chi connectivity index (χ2n) is 7.22. The summed E-state index contributed by atoms with van der Waals surface area (Å²) in [4.78, 5) is 10.8. The number of piperidine rings is 1. The van der Waals surface area contributed by atoms with Gasteiger partial charge in [0, 0.05) is 32.3 Å². The summed E-state index contributed by atoms with van der Waals surface area (Å²) in [5, 5.41) is 14.4. The first-order valence-electron chi connectivity index (χ1n) is 9.36. The molecule has 0 saturated carbocycles. The smallest absolute Gasteiger partial charge is 0.293 e. The van der Waals surface area contributed by atoms with Gasteiger partial charge < -0.3 is 10.1 Å². The molecule has 9 heteroatoms. The molecule has 1 aromatic rings. The third kappa shape index (κ3) is 5.88. The van der Waals surface area contributed by atoms with E-state index in [1.165, 1.54) is 16.4 Å². The van der Waals surface area contributed by atoms with Gasteiger partial charge in [0.1, 0.15) is 5.69 Å². The predicted molar refractivity (Wildman–Crippen MR) is 104 cm³/mol. The zero-order chi connectivity index (χ0) is 20.0. The van der Waals surface area contributed by atoms with Crippen LogP contribution in [-0.4, -0.2) is 50.0 Å². The molecule has 1 aliphatic rings. The summed E-state index contributed by atoms with van der Waals surface area (Å²) < 4.78 is 32.5. The lowest BCUT2D eigenvalue weighted by atomic mass is 10.0. The standard InChI is InChI=1S/C18H29N3O5S/c1-14(2)26-12-4-9-19-17-6-5-16(13-18(17)21(22)23)27(24,25)20-10-7-15(3)8-11-20/h5-6,13-15,19H,4,7-12H2,1-3H3. The van der Waals surface area contributed by atoms with Crippen molar-refractivity contribution in [2.75, 3.05) is 31.6 Å². The van der Waals surface area contributed by atoms with Gasteiger partial charge in [-0.25, -0.2) is 8.42 Å². The summed E-state index contributed by atoms with van der Waals surface area (Å²) in [6, 6.07) is 4.06. The quantitative estimate of drug-likeness (QED) is 0.388. The van der Waals surface area contributed by atoms with Crippen LogP contribution in [0.3, 0.4) is 0 Å². The van der Waals surface area contributed by atoms with Crippen molar-refractivity contribution in [3.8, 4) is 0 Å². The fourth-order valence-electron chi connectivity index (χ4n) is 2.96. The van der Waals surface area contributed by atoms with Gasteiger partial charge in [-0.15, -0.1) is 0 Å². The van der Waals surface area contributed by atoms with Crippen LogP contribution in [0, 0.1) is 16.0 Å². The van der Waals surface area contributed by atoms with Crippen molar-refractivity contribution in [2.24, 2.45) is 5.92 Å².